The van der Waals surface area contributed by atoms with Crippen LogP contribution in [0.4, 0.5) is 0 Å². The molecule has 0 atom stereocenters. The second kappa shape index (κ2) is 7.50. The smallest absolute Gasteiger partial charge is 0.308 e. The molecule has 1 aromatic heterocycles. The van der Waals surface area contributed by atoms with Crippen molar-refractivity contribution in [3.8, 4) is 5.75 Å². The van der Waals surface area contributed by atoms with E-state index in [9.17, 15) is 14.7 Å². The zero-order valence-corrected chi connectivity index (χ0v) is 16.7. The molecule has 2 aromatic carbocycles. The number of aliphatic carboxylic acids is 1. The Bertz CT molecular complexity index is 1070. The lowest BCUT2D eigenvalue weighted by Crippen LogP contribution is -2.18. The number of benzene rings is 2. The fourth-order valence-corrected chi connectivity index (χ4v) is 3.29. The summed E-state index contributed by atoms with van der Waals surface area (Å²) >= 11 is 0. The second-order valence-corrected chi connectivity index (χ2v) is 8.01. The van der Waals surface area contributed by atoms with Gasteiger partial charge in [0.15, 0.2) is 5.43 Å². The van der Waals surface area contributed by atoms with E-state index in [4.69, 9.17) is 4.74 Å². The molecule has 0 aliphatic carbocycles. The number of methoxy groups -OCH3 is 1. The monoisotopic (exact) mass is 379 g/mol. The third-order valence-electron chi connectivity index (χ3n) is 4.88. The van der Waals surface area contributed by atoms with Gasteiger partial charge in [0, 0.05) is 23.7 Å². The summed E-state index contributed by atoms with van der Waals surface area (Å²) in [5.41, 5.74) is 3.15. The van der Waals surface area contributed by atoms with Gasteiger partial charge in [-0.25, -0.2) is 0 Å². The molecule has 146 valence electrons. The maximum atomic E-state index is 12.8. The van der Waals surface area contributed by atoms with Crippen LogP contribution in [0.1, 0.15) is 37.5 Å². The molecule has 5 nitrogen and oxygen atoms in total. The van der Waals surface area contributed by atoms with Crippen molar-refractivity contribution >= 4 is 16.9 Å². The molecule has 0 unspecified atom stereocenters. The average molecular weight is 379 g/mol. The second-order valence-electron chi connectivity index (χ2n) is 8.01. The van der Waals surface area contributed by atoms with Gasteiger partial charge in [-0.05, 0) is 34.7 Å². The molecule has 1 heterocycles. The van der Waals surface area contributed by atoms with Crippen LogP contribution in [0.15, 0.2) is 53.5 Å². The summed E-state index contributed by atoms with van der Waals surface area (Å²) in [6, 6.07) is 13.7. The number of hydrogen-bond donors (Lipinski definition) is 1. The van der Waals surface area contributed by atoms with E-state index >= 15 is 0 Å². The van der Waals surface area contributed by atoms with E-state index in [1.807, 2.05) is 10.6 Å². The summed E-state index contributed by atoms with van der Waals surface area (Å²) in [7, 11) is 1.54. The summed E-state index contributed by atoms with van der Waals surface area (Å²) in [4.78, 5) is 24.0. The summed E-state index contributed by atoms with van der Waals surface area (Å²) < 4.78 is 7.17. The molecule has 3 rings (SSSR count). The molecule has 0 amide bonds. The van der Waals surface area contributed by atoms with Gasteiger partial charge in [-0.1, -0.05) is 45.0 Å². The van der Waals surface area contributed by atoms with Crippen molar-refractivity contribution in [3.05, 3.63) is 75.6 Å². The minimum Gasteiger partial charge on any atom is -0.497 e. The number of fused-ring (bicyclic) bond motifs is 1. The summed E-state index contributed by atoms with van der Waals surface area (Å²) in [5.74, 6) is -0.460. The van der Waals surface area contributed by atoms with Gasteiger partial charge < -0.3 is 14.4 Å². The van der Waals surface area contributed by atoms with E-state index in [1.54, 1.807) is 18.3 Å². The predicted molar refractivity (Wildman–Crippen MR) is 110 cm³/mol. The maximum Gasteiger partial charge on any atom is 0.308 e. The van der Waals surface area contributed by atoms with Crippen LogP contribution in [0.2, 0.25) is 0 Å². The highest BCUT2D eigenvalue weighted by Gasteiger charge is 2.15. The van der Waals surface area contributed by atoms with Crippen LogP contribution in [0, 0.1) is 0 Å². The van der Waals surface area contributed by atoms with E-state index in [-0.39, 0.29) is 22.8 Å². The summed E-state index contributed by atoms with van der Waals surface area (Å²) in [6.07, 6.45) is 1.35. The molecule has 28 heavy (non-hydrogen) atoms. The highest BCUT2D eigenvalue weighted by molar-refractivity contribution is 5.82. The van der Waals surface area contributed by atoms with Crippen LogP contribution in [-0.4, -0.2) is 22.8 Å². The predicted octanol–water partition coefficient (Wildman–Crippen LogP) is 3.98. The molecule has 0 aliphatic rings. The molecular formula is C23H25NO4. The number of carboxylic acids is 1. The van der Waals surface area contributed by atoms with E-state index < -0.39 is 5.97 Å². The molecule has 5 heteroatoms. The first-order chi connectivity index (χ1) is 13.2. The Hall–Kier alpha value is -3.08. The van der Waals surface area contributed by atoms with Gasteiger partial charge in [-0.3, -0.25) is 9.59 Å². The highest BCUT2D eigenvalue weighted by Crippen LogP contribution is 2.24. The molecule has 1 N–H and O–H groups in total. The number of carbonyl (C=O) groups is 1. The van der Waals surface area contributed by atoms with E-state index in [0.717, 1.165) is 11.1 Å². The molecule has 0 fully saturated rings. The number of hydrogen-bond acceptors (Lipinski definition) is 3. The first-order valence-corrected chi connectivity index (χ1v) is 9.20. The minimum absolute atomic E-state index is 0.0772. The van der Waals surface area contributed by atoms with Gasteiger partial charge in [-0.2, -0.15) is 0 Å². The molecule has 0 saturated carbocycles. The molecule has 3 aromatic rings. The molecule has 0 radical (unpaired) electrons. The van der Waals surface area contributed by atoms with Crippen LogP contribution in [-0.2, 0) is 23.2 Å². The van der Waals surface area contributed by atoms with Crippen LogP contribution >= 0.6 is 0 Å². The van der Waals surface area contributed by atoms with Crippen molar-refractivity contribution < 1.29 is 14.6 Å². The SMILES string of the molecule is COc1ccc2c(c1)c(=O)c(CC(=O)O)cn2Cc1ccc(C(C)(C)C)cc1. The summed E-state index contributed by atoms with van der Waals surface area (Å²) in [5, 5.41) is 9.64. The van der Waals surface area contributed by atoms with Gasteiger partial charge in [-0.15, -0.1) is 0 Å². The maximum absolute atomic E-state index is 12.8. The average Bonchev–Trinajstić information content (AvgIpc) is 2.64. The topological polar surface area (TPSA) is 68.5 Å². The molecule has 0 bridgehead atoms. The first kappa shape index (κ1) is 19.7. The zero-order valence-electron chi connectivity index (χ0n) is 16.7. The van der Waals surface area contributed by atoms with Crippen LogP contribution in [0.5, 0.6) is 5.75 Å². The van der Waals surface area contributed by atoms with E-state index in [1.165, 1.54) is 12.7 Å². The molecule has 0 spiro atoms. The molecular weight excluding hydrogens is 354 g/mol. The van der Waals surface area contributed by atoms with E-state index in [2.05, 4.69) is 45.0 Å². The van der Waals surface area contributed by atoms with Crippen LogP contribution < -0.4 is 10.2 Å². The lowest BCUT2D eigenvalue weighted by atomic mass is 9.87. The van der Waals surface area contributed by atoms with E-state index in [0.29, 0.717) is 17.7 Å². The lowest BCUT2D eigenvalue weighted by molar-refractivity contribution is -0.136. The van der Waals surface area contributed by atoms with Gasteiger partial charge >= 0.3 is 5.97 Å². The quantitative estimate of drug-likeness (QED) is 0.728. The fraction of sp³-hybridized carbons (Fsp3) is 0.304. The summed E-state index contributed by atoms with van der Waals surface area (Å²) in [6.45, 7) is 7.05. The Labute approximate surface area is 164 Å². The highest BCUT2D eigenvalue weighted by atomic mass is 16.5. The number of nitrogens with zero attached hydrogens (tertiary/aromatic N) is 1. The Balaban J connectivity index is 2.10. The molecule has 0 aliphatic heterocycles. The van der Waals surface area contributed by atoms with Gasteiger partial charge in [0.2, 0.25) is 0 Å². The van der Waals surface area contributed by atoms with Gasteiger partial charge in [0.1, 0.15) is 5.75 Å². The van der Waals surface area contributed by atoms with Crippen molar-refractivity contribution in [2.24, 2.45) is 0 Å². The number of pyridine rings is 1. The minimum atomic E-state index is -1.03. The third kappa shape index (κ3) is 4.09. The fourth-order valence-electron chi connectivity index (χ4n) is 3.29. The number of rotatable bonds is 5. The number of ether oxygens (including phenoxy) is 1. The van der Waals surface area contributed by atoms with Crippen molar-refractivity contribution in [2.75, 3.05) is 7.11 Å². The third-order valence-corrected chi connectivity index (χ3v) is 4.88. The Morgan fingerprint density at radius 2 is 1.79 bits per heavy atom. The molecule has 0 saturated heterocycles. The van der Waals surface area contributed by atoms with Crippen LogP contribution in [0.25, 0.3) is 10.9 Å². The number of aromatic nitrogens is 1. The Morgan fingerprint density at radius 3 is 2.36 bits per heavy atom. The Kier molecular flexibility index (Phi) is 5.27. The van der Waals surface area contributed by atoms with Crippen molar-refractivity contribution in [1.29, 1.82) is 0 Å². The van der Waals surface area contributed by atoms with Crippen molar-refractivity contribution in [3.63, 3.8) is 0 Å². The van der Waals surface area contributed by atoms with Crippen LogP contribution in [0.3, 0.4) is 0 Å². The standard InChI is InChI=1S/C23H25NO4/c1-23(2,3)17-7-5-15(6-8-17)13-24-14-16(11-21(25)26)22(27)19-12-18(28-4)9-10-20(19)24/h5-10,12,14H,11,13H2,1-4H3,(H,25,26). The normalized spacial score (nSPS) is 11.6. The number of carboxylic acid groups (broad SMARTS) is 1. The van der Waals surface area contributed by atoms with Gasteiger partial charge in [0.25, 0.3) is 0 Å². The van der Waals surface area contributed by atoms with Crippen molar-refractivity contribution in [1.82, 2.24) is 4.57 Å². The zero-order chi connectivity index (χ0) is 20.5. The van der Waals surface area contributed by atoms with Crippen molar-refractivity contribution in [2.45, 2.75) is 39.2 Å². The first-order valence-electron chi connectivity index (χ1n) is 9.20. The van der Waals surface area contributed by atoms with Gasteiger partial charge in [0.05, 0.1) is 19.0 Å². The largest absolute Gasteiger partial charge is 0.497 e. The lowest BCUT2D eigenvalue weighted by Gasteiger charge is -2.19. The Morgan fingerprint density at radius 1 is 1.11 bits per heavy atom.